The van der Waals surface area contributed by atoms with Crippen molar-refractivity contribution in [3.05, 3.63) is 46.5 Å². The van der Waals surface area contributed by atoms with Gasteiger partial charge in [0.05, 0.1) is 5.52 Å². The number of benzene rings is 1. The molecule has 3 heteroatoms. The van der Waals surface area contributed by atoms with Crippen molar-refractivity contribution >= 4 is 10.9 Å². The van der Waals surface area contributed by atoms with E-state index in [0.29, 0.717) is 10.9 Å². The van der Waals surface area contributed by atoms with Gasteiger partial charge >= 0.3 is 0 Å². The van der Waals surface area contributed by atoms with Gasteiger partial charge < -0.3 is 4.57 Å². The van der Waals surface area contributed by atoms with Gasteiger partial charge in [-0.15, -0.1) is 0 Å². The number of hydrogen-bond donors (Lipinski definition) is 0. The smallest absolute Gasteiger partial charge is 0.198 e. The Morgan fingerprint density at radius 1 is 1.27 bits per heavy atom. The molecule has 0 amide bonds. The highest BCUT2D eigenvalue weighted by atomic mass is 19.1. The highest BCUT2D eigenvalue weighted by Crippen LogP contribution is 2.37. The number of rotatable bonds is 1. The largest absolute Gasteiger partial charge is 0.314 e. The highest BCUT2D eigenvalue weighted by Gasteiger charge is 2.26. The molecule has 0 bridgehead atoms. The lowest BCUT2D eigenvalue weighted by Crippen LogP contribution is -2.11. The van der Waals surface area contributed by atoms with Gasteiger partial charge in [0.1, 0.15) is 0 Å². The zero-order valence-corrected chi connectivity index (χ0v) is 8.11. The fourth-order valence-corrected chi connectivity index (χ4v) is 1.97. The van der Waals surface area contributed by atoms with Crippen LogP contribution < -0.4 is 5.43 Å². The van der Waals surface area contributed by atoms with Gasteiger partial charge in [-0.05, 0) is 25.0 Å². The molecule has 0 atom stereocenters. The molecule has 3 rings (SSSR count). The Morgan fingerprint density at radius 3 is 2.73 bits per heavy atom. The van der Waals surface area contributed by atoms with Crippen molar-refractivity contribution in [1.82, 2.24) is 4.57 Å². The van der Waals surface area contributed by atoms with Crippen molar-refractivity contribution in [1.29, 1.82) is 0 Å². The molecule has 0 saturated heterocycles. The summed E-state index contributed by atoms with van der Waals surface area (Å²) in [7, 11) is 0. The second kappa shape index (κ2) is 2.92. The number of fused-ring (bicyclic) bond motifs is 1. The Labute approximate surface area is 86.0 Å². The second-order valence-electron chi connectivity index (χ2n) is 3.95. The molecule has 1 fully saturated rings. The highest BCUT2D eigenvalue weighted by molar-refractivity contribution is 5.78. The fourth-order valence-electron chi connectivity index (χ4n) is 1.97. The molecule has 1 aromatic heterocycles. The molecule has 1 heterocycles. The van der Waals surface area contributed by atoms with E-state index in [2.05, 4.69) is 0 Å². The van der Waals surface area contributed by atoms with Crippen LogP contribution in [0.5, 0.6) is 0 Å². The summed E-state index contributed by atoms with van der Waals surface area (Å²) < 4.78 is 15.3. The minimum Gasteiger partial charge on any atom is -0.314 e. The van der Waals surface area contributed by atoms with E-state index in [4.69, 9.17) is 0 Å². The first-order chi connectivity index (χ1) is 7.27. The normalized spacial score (nSPS) is 15.8. The van der Waals surface area contributed by atoms with Crippen LogP contribution in [0.15, 0.2) is 35.1 Å². The van der Waals surface area contributed by atoms with Crippen molar-refractivity contribution in [2.24, 2.45) is 0 Å². The average Bonchev–Trinajstić information content (AvgIpc) is 3.02. The minimum atomic E-state index is -0.416. The lowest BCUT2D eigenvalue weighted by molar-refractivity contribution is 0.502. The summed E-state index contributed by atoms with van der Waals surface area (Å²) in [5.41, 5.74) is 0.477. The zero-order chi connectivity index (χ0) is 10.4. The fraction of sp³-hybridized carbons (Fsp3) is 0.250. The van der Waals surface area contributed by atoms with Crippen LogP contribution in [0.3, 0.4) is 0 Å². The quantitative estimate of drug-likeness (QED) is 0.652. The van der Waals surface area contributed by atoms with Gasteiger partial charge in [0.25, 0.3) is 0 Å². The first-order valence-electron chi connectivity index (χ1n) is 5.07. The van der Waals surface area contributed by atoms with Crippen molar-refractivity contribution < 1.29 is 4.39 Å². The monoisotopic (exact) mass is 203 g/mol. The van der Waals surface area contributed by atoms with Crippen LogP contribution in [0.1, 0.15) is 18.9 Å². The van der Waals surface area contributed by atoms with Crippen LogP contribution in [0.2, 0.25) is 0 Å². The van der Waals surface area contributed by atoms with Crippen LogP contribution in [0, 0.1) is 5.95 Å². The van der Waals surface area contributed by atoms with Crippen molar-refractivity contribution in [2.45, 2.75) is 18.9 Å². The van der Waals surface area contributed by atoms with Gasteiger partial charge in [-0.25, -0.2) is 0 Å². The van der Waals surface area contributed by atoms with Crippen LogP contribution in [-0.2, 0) is 0 Å². The molecule has 15 heavy (non-hydrogen) atoms. The molecule has 2 nitrogen and oxygen atoms in total. The van der Waals surface area contributed by atoms with E-state index < -0.39 is 5.95 Å². The van der Waals surface area contributed by atoms with Gasteiger partial charge in [0, 0.05) is 17.5 Å². The van der Waals surface area contributed by atoms with Gasteiger partial charge in [-0.2, -0.15) is 4.39 Å². The molecule has 1 aliphatic rings. The SMILES string of the molecule is O=c1cc(F)n(C2CC2)c2ccccc12. The minimum absolute atomic E-state index is 0.236. The number of nitrogens with zero attached hydrogens (tertiary/aromatic N) is 1. The first kappa shape index (κ1) is 8.65. The van der Waals surface area contributed by atoms with Crippen LogP contribution in [0.4, 0.5) is 4.39 Å². The maximum Gasteiger partial charge on any atom is 0.198 e. The summed E-state index contributed by atoms with van der Waals surface area (Å²) in [6.07, 6.45) is 2.01. The maximum absolute atomic E-state index is 13.6. The Balaban J connectivity index is 2.46. The summed E-state index contributed by atoms with van der Waals surface area (Å²) in [6.45, 7) is 0. The Kier molecular flexibility index (Phi) is 1.69. The summed E-state index contributed by atoms with van der Waals surface area (Å²) in [5.74, 6) is -0.416. The van der Waals surface area contributed by atoms with E-state index in [9.17, 15) is 9.18 Å². The van der Waals surface area contributed by atoms with Crippen LogP contribution in [0.25, 0.3) is 10.9 Å². The number of pyridine rings is 1. The standard InChI is InChI=1S/C12H10FNO/c13-12-7-11(15)9-3-1-2-4-10(9)14(12)8-5-6-8/h1-4,7-8H,5-6H2. The van der Waals surface area contributed by atoms with Crippen LogP contribution in [-0.4, -0.2) is 4.57 Å². The number of aromatic nitrogens is 1. The third-order valence-corrected chi connectivity index (χ3v) is 2.82. The van der Waals surface area contributed by atoms with E-state index in [-0.39, 0.29) is 11.5 Å². The summed E-state index contributed by atoms with van der Waals surface area (Å²) in [4.78, 5) is 11.5. The van der Waals surface area contributed by atoms with E-state index >= 15 is 0 Å². The average molecular weight is 203 g/mol. The van der Waals surface area contributed by atoms with Crippen molar-refractivity contribution in [2.75, 3.05) is 0 Å². The predicted octanol–water partition coefficient (Wildman–Crippen LogP) is 2.48. The maximum atomic E-state index is 13.6. The number of hydrogen-bond acceptors (Lipinski definition) is 1. The molecule has 1 aromatic carbocycles. The number of para-hydroxylation sites is 1. The molecule has 0 spiro atoms. The molecule has 0 N–H and O–H groups in total. The molecule has 1 aliphatic carbocycles. The summed E-state index contributed by atoms with van der Waals surface area (Å²) in [5, 5.41) is 0.603. The Hall–Kier alpha value is -1.64. The van der Waals surface area contributed by atoms with Gasteiger partial charge in [-0.3, -0.25) is 4.79 Å². The van der Waals surface area contributed by atoms with Crippen molar-refractivity contribution in [3.63, 3.8) is 0 Å². The molecular weight excluding hydrogens is 193 g/mol. The predicted molar refractivity (Wildman–Crippen MR) is 56.4 cm³/mol. The van der Waals surface area contributed by atoms with E-state index in [1.165, 1.54) is 0 Å². The summed E-state index contributed by atoms with van der Waals surface area (Å²) in [6, 6.07) is 8.52. The molecule has 0 unspecified atom stereocenters. The molecule has 0 radical (unpaired) electrons. The Bertz CT molecular complexity index is 584. The third-order valence-electron chi connectivity index (χ3n) is 2.82. The molecule has 1 saturated carbocycles. The van der Waals surface area contributed by atoms with Crippen LogP contribution >= 0.6 is 0 Å². The molecular formula is C12H10FNO. The second-order valence-corrected chi connectivity index (χ2v) is 3.95. The van der Waals surface area contributed by atoms with E-state index in [0.717, 1.165) is 18.9 Å². The Morgan fingerprint density at radius 2 is 2.00 bits per heavy atom. The molecule has 2 aromatic rings. The molecule has 76 valence electrons. The van der Waals surface area contributed by atoms with Gasteiger partial charge in [0.2, 0.25) is 0 Å². The summed E-state index contributed by atoms with van der Waals surface area (Å²) >= 11 is 0. The topological polar surface area (TPSA) is 22.0 Å². The molecule has 0 aliphatic heterocycles. The lowest BCUT2D eigenvalue weighted by Gasteiger charge is -2.10. The first-order valence-corrected chi connectivity index (χ1v) is 5.07. The van der Waals surface area contributed by atoms with E-state index in [1.807, 2.05) is 6.07 Å². The van der Waals surface area contributed by atoms with Gasteiger partial charge in [0.15, 0.2) is 11.4 Å². The zero-order valence-electron chi connectivity index (χ0n) is 8.11. The third kappa shape index (κ3) is 1.27. The lowest BCUT2D eigenvalue weighted by atomic mass is 10.2. The van der Waals surface area contributed by atoms with E-state index in [1.54, 1.807) is 22.8 Å². The number of halogens is 1. The van der Waals surface area contributed by atoms with Crippen molar-refractivity contribution in [3.8, 4) is 0 Å². The van der Waals surface area contributed by atoms with Gasteiger partial charge in [-0.1, -0.05) is 12.1 Å².